The lowest BCUT2D eigenvalue weighted by molar-refractivity contribution is -0.130. The molecule has 0 atom stereocenters. The molecular formula is C21H20BrN5O2S2. The number of thiazole rings is 1. The van der Waals surface area contributed by atoms with Crippen LogP contribution in [0.15, 0.2) is 62.4 Å². The number of pyridine rings is 1. The minimum atomic E-state index is -0.00127. The van der Waals surface area contributed by atoms with Crippen molar-refractivity contribution in [1.82, 2.24) is 19.8 Å². The first-order valence-corrected chi connectivity index (χ1v) is 12.1. The summed E-state index contributed by atoms with van der Waals surface area (Å²) in [6, 6.07) is 11.4. The molecule has 2 aromatic heterocycles. The molecule has 1 fully saturated rings. The number of piperazine rings is 1. The van der Waals surface area contributed by atoms with Gasteiger partial charge in [-0.3, -0.25) is 9.59 Å². The summed E-state index contributed by atoms with van der Waals surface area (Å²) in [7, 11) is 0. The lowest BCUT2D eigenvalue weighted by atomic mass is 10.2. The lowest BCUT2D eigenvalue weighted by Crippen LogP contribution is -2.50. The second-order valence-electron chi connectivity index (χ2n) is 6.90. The van der Waals surface area contributed by atoms with E-state index in [1.54, 1.807) is 29.8 Å². The van der Waals surface area contributed by atoms with Crippen LogP contribution in [0, 0.1) is 0 Å². The van der Waals surface area contributed by atoms with Crippen LogP contribution >= 0.6 is 39.0 Å². The second-order valence-corrected chi connectivity index (χ2v) is 10.2. The molecule has 0 saturated carbocycles. The van der Waals surface area contributed by atoms with E-state index in [4.69, 9.17) is 0 Å². The van der Waals surface area contributed by atoms with E-state index in [2.05, 4.69) is 31.2 Å². The van der Waals surface area contributed by atoms with Gasteiger partial charge in [0.15, 0.2) is 5.13 Å². The monoisotopic (exact) mass is 517 g/mol. The van der Waals surface area contributed by atoms with Gasteiger partial charge in [-0.2, -0.15) is 0 Å². The van der Waals surface area contributed by atoms with Crippen molar-refractivity contribution in [3.8, 4) is 0 Å². The second kappa shape index (κ2) is 9.80. The summed E-state index contributed by atoms with van der Waals surface area (Å²) >= 11 is 6.47. The van der Waals surface area contributed by atoms with E-state index >= 15 is 0 Å². The minimum absolute atomic E-state index is 0.00127. The predicted molar refractivity (Wildman–Crippen MR) is 126 cm³/mol. The quantitative estimate of drug-likeness (QED) is 0.536. The summed E-state index contributed by atoms with van der Waals surface area (Å²) in [6.07, 6.45) is 3.54. The van der Waals surface area contributed by atoms with Gasteiger partial charge in [-0.25, -0.2) is 9.97 Å². The van der Waals surface area contributed by atoms with Gasteiger partial charge in [0, 0.05) is 54.2 Å². The number of anilines is 2. The fourth-order valence-corrected chi connectivity index (χ4v) is 5.29. The average Bonchev–Trinajstić information content (AvgIpc) is 3.21. The zero-order valence-corrected chi connectivity index (χ0v) is 20.0. The molecule has 0 aliphatic carbocycles. The zero-order valence-electron chi connectivity index (χ0n) is 16.7. The van der Waals surface area contributed by atoms with Gasteiger partial charge in [0.1, 0.15) is 5.82 Å². The van der Waals surface area contributed by atoms with E-state index in [0.717, 1.165) is 24.5 Å². The van der Waals surface area contributed by atoms with Crippen molar-refractivity contribution in [3.05, 3.63) is 58.8 Å². The van der Waals surface area contributed by atoms with Crippen LogP contribution in [-0.4, -0.2) is 57.8 Å². The Morgan fingerprint density at radius 3 is 2.55 bits per heavy atom. The highest BCUT2D eigenvalue weighted by atomic mass is 79.9. The maximum Gasteiger partial charge on any atom is 0.254 e. The van der Waals surface area contributed by atoms with Crippen molar-refractivity contribution in [2.45, 2.75) is 16.0 Å². The SMILES string of the molecule is CC(=O)N1CCN(C(=O)c2cccc(Sc3cnc(Nc4ccc(Br)cn4)s3)c2)CC1. The first kappa shape index (κ1) is 21.8. The Morgan fingerprint density at radius 2 is 1.84 bits per heavy atom. The van der Waals surface area contributed by atoms with Crippen LogP contribution in [0.4, 0.5) is 10.9 Å². The molecule has 0 unspecified atom stereocenters. The Balaban J connectivity index is 1.39. The van der Waals surface area contributed by atoms with Crippen molar-refractivity contribution in [1.29, 1.82) is 0 Å². The van der Waals surface area contributed by atoms with Gasteiger partial charge in [-0.1, -0.05) is 29.2 Å². The van der Waals surface area contributed by atoms with E-state index < -0.39 is 0 Å². The van der Waals surface area contributed by atoms with E-state index in [9.17, 15) is 9.59 Å². The number of rotatable bonds is 5. The molecule has 2 amide bonds. The summed E-state index contributed by atoms with van der Waals surface area (Å²) in [6.45, 7) is 3.85. The zero-order chi connectivity index (χ0) is 21.8. The fraction of sp³-hybridized carbons (Fsp3) is 0.238. The maximum atomic E-state index is 12.9. The number of nitrogens with one attached hydrogen (secondary N) is 1. The topological polar surface area (TPSA) is 78.4 Å². The molecule has 7 nitrogen and oxygen atoms in total. The summed E-state index contributed by atoms with van der Waals surface area (Å²) in [5, 5.41) is 3.95. The molecule has 1 aromatic carbocycles. The summed E-state index contributed by atoms with van der Waals surface area (Å²) in [4.78, 5) is 37.6. The van der Waals surface area contributed by atoms with Crippen molar-refractivity contribution in [3.63, 3.8) is 0 Å². The molecular weight excluding hydrogens is 498 g/mol. The highest BCUT2D eigenvalue weighted by Crippen LogP contribution is 2.35. The van der Waals surface area contributed by atoms with E-state index in [-0.39, 0.29) is 11.8 Å². The van der Waals surface area contributed by atoms with Crippen LogP contribution in [-0.2, 0) is 4.79 Å². The molecule has 0 radical (unpaired) electrons. The van der Waals surface area contributed by atoms with E-state index in [1.807, 2.05) is 47.5 Å². The van der Waals surface area contributed by atoms with Crippen LogP contribution in [0.2, 0.25) is 0 Å². The third-order valence-electron chi connectivity index (χ3n) is 4.76. The number of benzene rings is 1. The van der Waals surface area contributed by atoms with E-state index in [1.165, 1.54) is 11.3 Å². The Labute approximate surface area is 197 Å². The molecule has 10 heteroatoms. The molecule has 1 aliphatic rings. The molecule has 31 heavy (non-hydrogen) atoms. The molecule has 1 saturated heterocycles. The van der Waals surface area contributed by atoms with Gasteiger partial charge >= 0.3 is 0 Å². The smallest absolute Gasteiger partial charge is 0.254 e. The number of amides is 2. The molecule has 1 N–H and O–H groups in total. The van der Waals surface area contributed by atoms with Crippen LogP contribution in [0.3, 0.4) is 0 Å². The summed E-state index contributed by atoms with van der Waals surface area (Å²) < 4.78 is 1.93. The number of hydrogen-bond donors (Lipinski definition) is 1. The van der Waals surface area contributed by atoms with Crippen LogP contribution in [0.25, 0.3) is 0 Å². The van der Waals surface area contributed by atoms with Gasteiger partial charge in [-0.05, 0) is 46.3 Å². The first-order chi connectivity index (χ1) is 15.0. The molecule has 4 rings (SSSR count). The van der Waals surface area contributed by atoms with Crippen LogP contribution in [0.1, 0.15) is 17.3 Å². The number of hydrogen-bond acceptors (Lipinski definition) is 7. The molecule has 1 aliphatic heterocycles. The van der Waals surface area contributed by atoms with Crippen molar-refractivity contribution in [2.75, 3.05) is 31.5 Å². The molecule has 0 bridgehead atoms. The van der Waals surface area contributed by atoms with Crippen molar-refractivity contribution >= 4 is 61.8 Å². The van der Waals surface area contributed by atoms with Gasteiger partial charge < -0.3 is 15.1 Å². The number of halogens is 1. The summed E-state index contributed by atoms with van der Waals surface area (Å²) in [5.74, 6) is 0.782. The van der Waals surface area contributed by atoms with Gasteiger partial charge in [0.2, 0.25) is 5.91 Å². The van der Waals surface area contributed by atoms with Crippen molar-refractivity contribution in [2.24, 2.45) is 0 Å². The Morgan fingerprint density at radius 1 is 1.06 bits per heavy atom. The normalized spacial score (nSPS) is 13.9. The highest BCUT2D eigenvalue weighted by molar-refractivity contribution is 9.10. The van der Waals surface area contributed by atoms with Gasteiger partial charge in [-0.15, -0.1) is 0 Å². The predicted octanol–water partition coefficient (Wildman–Crippen LogP) is 4.50. The highest BCUT2D eigenvalue weighted by Gasteiger charge is 2.23. The Kier molecular flexibility index (Phi) is 6.89. The summed E-state index contributed by atoms with van der Waals surface area (Å²) in [5.41, 5.74) is 0.656. The average molecular weight is 518 g/mol. The van der Waals surface area contributed by atoms with Gasteiger partial charge in [0.25, 0.3) is 5.91 Å². The van der Waals surface area contributed by atoms with Crippen LogP contribution in [0.5, 0.6) is 0 Å². The number of carbonyl (C=O) groups excluding carboxylic acids is 2. The third kappa shape index (κ3) is 5.63. The molecule has 3 heterocycles. The molecule has 3 aromatic rings. The fourth-order valence-electron chi connectivity index (χ4n) is 3.14. The Bertz CT molecular complexity index is 1080. The largest absolute Gasteiger partial charge is 0.339 e. The minimum Gasteiger partial charge on any atom is -0.339 e. The maximum absolute atomic E-state index is 12.9. The van der Waals surface area contributed by atoms with Gasteiger partial charge in [0.05, 0.1) is 10.4 Å². The van der Waals surface area contributed by atoms with Crippen LogP contribution < -0.4 is 5.32 Å². The van der Waals surface area contributed by atoms with E-state index in [0.29, 0.717) is 31.7 Å². The number of carbonyl (C=O) groups is 2. The third-order valence-corrected chi connectivity index (χ3v) is 7.23. The lowest BCUT2D eigenvalue weighted by Gasteiger charge is -2.34. The van der Waals surface area contributed by atoms with Crippen molar-refractivity contribution < 1.29 is 9.59 Å². The molecule has 0 spiro atoms. The standard InChI is InChI=1S/C21H20BrN5O2S2/c1-14(28)26-7-9-27(10-8-26)20(29)15-3-2-4-17(11-15)30-19-13-24-21(31-19)25-18-6-5-16(22)12-23-18/h2-6,11-13H,7-10H2,1H3,(H,23,24,25). The first-order valence-electron chi connectivity index (χ1n) is 9.65. The number of nitrogens with zero attached hydrogens (tertiary/aromatic N) is 4. The number of aromatic nitrogens is 2. The Hall–Kier alpha value is -2.43. The molecule has 160 valence electrons.